The third-order valence-corrected chi connectivity index (χ3v) is 2.72. The number of nitrogens with zero attached hydrogens (tertiary/aromatic N) is 2. The zero-order valence-corrected chi connectivity index (χ0v) is 10.3. The van der Waals surface area contributed by atoms with Crippen molar-refractivity contribution in [1.29, 1.82) is 0 Å². The lowest BCUT2D eigenvalue weighted by molar-refractivity contribution is 0.112. The maximum atomic E-state index is 13.4. The molecule has 19 heavy (non-hydrogen) atoms. The van der Waals surface area contributed by atoms with Gasteiger partial charge in [0, 0.05) is 18.2 Å². The van der Waals surface area contributed by atoms with E-state index in [2.05, 4.69) is 15.3 Å². The Morgan fingerprint density at radius 1 is 1.32 bits per heavy atom. The number of carbonyl (C=O) groups excluding carboxylic acids is 1. The predicted octanol–water partition coefficient (Wildman–Crippen LogP) is 2.83. The molecule has 7 heteroatoms. The van der Waals surface area contributed by atoms with Crippen LogP contribution < -0.4 is 5.32 Å². The van der Waals surface area contributed by atoms with Crippen molar-refractivity contribution in [3.8, 4) is 0 Å². The number of anilines is 1. The van der Waals surface area contributed by atoms with E-state index in [1.165, 1.54) is 12.4 Å². The lowest BCUT2D eigenvalue weighted by Crippen LogP contribution is -2.07. The number of carbonyl (C=O) groups is 1. The lowest BCUT2D eigenvalue weighted by atomic mass is 10.2. The molecular formula is C12H8ClF2N3O. The van der Waals surface area contributed by atoms with Crippen molar-refractivity contribution in [1.82, 2.24) is 9.97 Å². The van der Waals surface area contributed by atoms with Crippen LogP contribution in [0.2, 0.25) is 5.15 Å². The Balaban J connectivity index is 2.19. The summed E-state index contributed by atoms with van der Waals surface area (Å²) < 4.78 is 26.1. The van der Waals surface area contributed by atoms with Gasteiger partial charge in [0.1, 0.15) is 28.9 Å². The summed E-state index contributed by atoms with van der Waals surface area (Å²) >= 11 is 5.72. The zero-order valence-electron chi connectivity index (χ0n) is 9.53. The van der Waals surface area contributed by atoms with Crippen LogP contribution in [0.15, 0.2) is 24.5 Å². The van der Waals surface area contributed by atoms with Crippen LogP contribution in [0, 0.1) is 11.6 Å². The molecular weight excluding hydrogens is 276 g/mol. The van der Waals surface area contributed by atoms with Gasteiger partial charge in [0.2, 0.25) is 0 Å². The Bertz CT molecular complexity index is 622. The summed E-state index contributed by atoms with van der Waals surface area (Å²) in [6.45, 7) is 0.0420. The number of halogens is 3. The molecule has 1 heterocycles. The van der Waals surface area contributed by atoms with E-state index in [0.29, 0.717) is 6.29 Å². The van der Waals surface area contributed by atoms with Gasteiger partial charge < -0.3 is 5.32 Å². The van der Waals surface area contributed by atoms with Gasteiger partial charge in [-0.1, -0.05) is 17.7 Å². The third-order valence-electron chi connectivity index (χ3n) is 2.41. The van der Waals surface area contributed by atoms with E-state index in [1.807, 2.05) is 0 Å². The molecule has 2 rings (SSSR count). The van der Waals surface area contributed by atoms with Crippen LogP contribution in [0.3, 0.4) is 0 Å². The number of rotatable bonds is 4. The van der Waals surface area contributed by atoms with Gasteiger partial charge in [-0.3, -0.25) is 4.79 Å². The molecule has 0 atom stereocenters. The molecule has 0 bridgehead atoms. The van der Waals surface area contributed by atoms with E-state index in [4.69, 9.17) is 11.6 Å². The van der Waals surface area contributed by atoms with Gasteiger partial charge in [0.15, 0.2) is 6.29 Å². The number of hydrogen-bond donors (Lipinski definition) is 1. The molecule has 0 aliphatic carbocycles. The van der Waals surface area contributed by atoms with Gasteiger partial charge in [-0.25, -0.2) is 18.7 Å². The third kappa shape index (κ3) is 3.03. The molecule has 0 fully saturated rings. The number of aromatic nitrogens is 2. The van der Waals surface area contributed by atoms with Crippen LogP contribution in [0.1, 0.15) is 15.9 Å². The first kappa shape index (κ1) is 13.4. The van der Waals surface area contributed by atoms with Gasteiger partial charge in [-0.05, 0) is 6.07 Å². The first-order valence-electron chi connectivity index (χ1n) is 5.25. The highest BCUT2D eigenvalue weighted by Crippen LogP contribution is 2.18. The number of aldehydes is 1. The van der Waals surface area contributed by atoms with Gasteiger partial charge in [-0.15, -0.1) is 0 Å². The first-order valence-corrected chi connectivity index (χ1v) is 5.63. The van der Waals surface area contributed by atoms with E-state index >= 15 is 0 Å². The molecule has 4 nitrogen and oxygen atoms in total. The fourth-order valence-electron chi connectivity index (χ4n) is 1.46. The zero-order chi connectivity index (χ0) is 13.8. The molecule has 0 radical (unpaired) electrons. The van der Waals surface area contributed by atoms with Crippen LogP contribution in [-0.4, -0.2) is 16.3 Å². The van der Waals surface area contributed by atoms with Crippen molar-refractivity contribution in [2.45, 2.75) is 6.54 Å². The molecule has 98 valence electrons. The van der Waals surface area contributed by atoms with Crippen molar-refractivity contribution in [3.63, 3.8) is 0 Å². The molecule has 2 aromatic rings. The van der Waals surface area contributed by atoms with E-state index in [-0.39, 0.29) is 28.6 Å². The molecule has 0 amide bonds. The molecule has 0 spiro atoms. The Morgan fingerprint density at radius 2 is 2.11 bits per heavy atom. The monoisotopic (exact) mass is 283 g/mol. The molecule has 0 aliphatic rings. The Hall–Kier alpha value is -2.08. The summed E-state index contributed by atoms with van der Waals surface area (Å²) in [6, 6.07) is 3.24. The smallest absolute Gasteiger partial charge is 0.156 e. The van der Waals surface area contributed by atoms with Crippen molar-refractivity contribution >= 4 is 23.7 Å². The van der Waals surface area contributed by atoms with Crippen LogP contribution >= 0.6 is 11.6 Å². The van der Waals surface area contributed by atoms with Gasteiger partial charge in [0.05, 0.1) is 5.56 Å². The van der Waals surface area contributed by atoms with Crippen LogP contribution in [-0.2, 0) is 6.54 Å². The van der Waals surface area contributed by atoms with Crippen LogP contribution in [0.25, 0.3) is 0 Å². The first-order chi connectivity index (χ1) is 9.11. The highest BCUT2D eigenvalue weighted by atomic mass is 35.5. The standard InChI is InChI=1S/C12H8ClF2N3O/c13-11-9(5-19)12(18-6-17-11)16-4-7-1-2-8(14)3-10(7)15/h1-3,5-6H,4H2,(H,16,17,18). The minimum absolute atomic E-state index is 0.00655. The predicted molar refractivity (Wildman–Crippen MR) is 66.1 cm³/mol. The van der Waals surface area contributed by atoms with Crippen molar-refractivity contribution in [3.05, 3.63) is 52.4 Å². The highest BCUT2D eigenvalue weighted by molar-refractivity contribution is 6.32. The van der Waals surface area contributed by atoms with E-state index in [9.17, 15) is 13.6 Å². The molecule has 1 aromatic carbocycles. The number of hydrogen-bond acceptors (Lipinski definition) is 4. The lowest BCUT2D eigenvalue weighted by Gasteiger charge is -2.08. The van der Waals surface area contributed by atoms with Crippen molar-refractivity contribution < 1.29 is 13.6 Å². The van der Waals surface area contributed by atoms with Crippen LogP contribution in [0.5, 0.6) is 0 Å². The summed E-state index contributed by atoms with van der Waals surface area (Å²) in [7, 11) is 0. The Kier molecular flexibility index (Phi) is 4.01. The SMILES string of the molecule is O=Cc1c(Cl)ncnc1NCc1ccc(F)cc1F. The average Bonchev–Trinajstić information content (AvgIpc) is 2.38. The number of benzene rings is 1. The largest absolute Gasteiger partial charge is 0.365 e. The quantitative estimate of drug-likeness (QED) is 0.692. The maximum absolute atomic E-state index is 13.4. The van der Waals surface area contributed by atoms with Crippen molar-refractivity contribution in [2.75, 3.05) is 5.32 Å². The van der Waals surface area contributed by atoms with E-state index < -0.39 is 11.6 Å². The number of nitrogens with one attached hydrogen (secondary N) is 1. The second-order valence-corrected chi connectivity index (χ2v) is 3.99. The summed E-state index contributed by atoms with van der Waals surface area (Å²) in [5.41, 5.74) is 0.333. The summed E-state index contributed by atoms with van der Waals surface area (Å²) in [6.07, 6.45) is 1.68. The second kappa shape index (κ2) is 5.71. The molecule has 1 aromatic heterocycles. The Labute approximate surface area is 112 Å². The van der Waals surface area contributed by atoms with Crippen LogP contribution in [0.4, 0.5) is 14.6 Å². The summed E-state index contributed by atoms with van der Waals surface area (Å²) in [4.78, 5) is 18.3. The summed E-state index contributed by atoms with van der Waals surface area (Å²) in [5, 5.41) is 2.76. The second-order valence-electron chi connectivity index (χ2n) is 3.63. The highest BCUT2D eigenvalue weighted by Gasteiger charge is 2.10. The topological polar surface area (TPSA) is 54.9 Å². The normalized spacial score (nSPS) is 10.3. The average molecular weight is 284 g/mol. The molecule has 0 aliphatic heterocycles. The van der Waals surface area contributed by atoms with E-state index in [0.717, 1.165) is 12.1 Å². The van der Waals surface area contributed by atoms with Gasteiger partial charge in [0.25, 0.3) is 0 Å². The molecule has 1 N–H and O–H groups in total. The molecule has 0 saturated heterocycles. The fourth-order valence-corrected chi connectivity index (χ4v) is 1.64. The van der Waals surface area contributed by atoms with Gasteiger partial charge >= 0.3 is 0 Å². The maximum Gasteiger partial charge on any atom is 0.156 e. The molecule has 0 unspecified atom stereocenters. The fraction of sp³-hybridized carbons (Fsp3) is 0.0833. The van der Waals surface area contributed by atoms with E-state index in [1.54, 1.807) is 0 Å². The Morgan fingerprint density at radius 3 is 2.79 bits per heavy atom. The summed E-state index contributed by atoms with van der Waals surface area (Å²) in [5.74, 6) is -1.14. The molecule has 0 saturated carbocycles. The van der Waals surface area contributed by atoms with Gasteiger partial charge in [-0.2, -0.15) is 0 Å². The minimum Gasteiger partial charge on any atom is -0.365 e. The van der Waals surface area contributed by atoms with Crippen molar-refractivity contribution in [2.24, 2.45) is 0 Å². The minimum atomic E-state index is -0.680.